The minimum atomic E-state index is 0.142. The highest BCUT2D eigenvalue weighted by atomic mass is 16.5. The van der Waals surface area contributed by atoms with Crippen molar-refractivity contribution in [3.05, 3.63) is 0 Å². The number of rotatable bonds is 8. The van der Waals surface area contributed by atoms with E-state index in [4.69, 9.17) is 15.2 Å². The van der Waals surface area contributed by atoms with Gasteiger partial charge in [0, 0.05) is 38.9 Å². The normalized spacial score (nSPS) is 29.7. The summed E-state index contributed by atoms with van der Waals surface area (Å²) in [5.74, 6) is 0.835. The first-order valence-corrected chi connectivity index (χ1v) is 7.54. The summed E-state index contributed by atoms with van der Waals surface area (Å²) in [7, 11) is 3.53. The van der Waals surface area contributed by atoms with Crippen LogP contribution in [0.4, 0.5) is 0 Å². The molecule has 4 heteroatoms. The molecule has 0 bridgehead atoms. The van der Waals surface area contributed by atoms with Gasteiger partial charge in [-0.05, 0) is 38.5 Å². The predicted molar refractivity (Wildman–Crippen MR) is 79.3 cm³/mol. The lowest BCUT2D eigenvalue weighted by Crippen LogP contribution is -2.60. The molecule has 1 atom stereocenters. The van der Waals surface area contributed by atoms with Crippen molar-refractivity contribution in [3.63, 3.8) is 0 Å². The van der Waals surface area contributed by atoms with E-state index in [9.17, 15) is 0 Å². The molecule has 0 spiro atoms. The van der Waals surface area contributed by atoms with Gasteiger partial charge in [0.1, 0.15) is 0 Å². The van der Waals surface area contributed by atoms with E-state index >= 15 is 0 Å². The second-order valence-corrected chi connectivity index (χ2v) is 6.10. The van der Waals surface area contributed by atoms with E-state index in [1.54, 1.807) is 14.2 Å². The van der Waals surface area contributed by atoms with Gasteiger partial charge in [-0.1, -0.05) is 6.92 Å². The Labute approximate surface area is 118 Å². The Balaban J connectivity index is 2.79. The number of hydrogen-bond donors (Lipinski definition) is 1. The van der Waals surface area contributed by atoms with Crippen molar-refractivity contribution in [2.45, 2.75) is 51.1 Å². The molecule has 1 unspecified atom stereocenters. The zero-order chi connectivity index (χ0) is 14.3. The van der Waals surface area contributed by atoms with Crippen molar-refractivity contribution in [1.29, 1.82) is 0 Å². The van der Waals surface area contributed by atoms with Gasteiger partial charge in [0.25, 0.3) is 0 Å². The van der Waals surface area contributed by atoms with Crippen LogP contribution in [0.3, 0.4) is 0 Å². The second-order valence-electron chi connectivity index (χ2n) is 6.10. The molecule has 0 aromatic rings. The van der Waals surface area contributed by atoms with Crippen molar-refractivity contribution in [2.75, 3.05) is 40.5 Å². The molecule has 1 aliphatic rings. The monoisotopic (exact) mass is 272 g/mol. The lowest BCUT2D eigenvalue weighted by atomic mass is 9.75. The van der Waals surface area contributed by atoms with Crippen LogP contribution >= 0.6 is 0 Å². The summed E-state index contributed by atoms with van der Waals surface area (Å²) < 4.78 is 10.6. The fraction of sp³-hybridized carbons (Fsp3) is 1.00. The van der Waals surface area contributed by atoms with Crippen LogP contribution in [0, 0.1) is 5.92 Å². The molecule has 1 fully saturated rings. The summed E-state index contributed by atoms with van der Waals surface area (Å²) in [6, 6.07) is 0.386. The summed E-state index contributed by atoms with van der Waals surface area (Å²) in [6.07, 6.45) is 4.95. The van der Waals surface area contributed by atoms with Gasteiger partial charge < -0.3 is 15.2 Å². The highest BCUT2D eigenvalue weighted by Crippen LogP contribution is 2.36. The average molecular weight is 272 g/mol. The molecule has 114 valence electrons. The summed E-state index contributed by atoms with van der Waals surface area (Å²) in [4.78, 5) is 2.53. The Hall–Kier alpha value is -0.160. The second kappa shape index (κ2) is 8.20. The Kier molecular flexibility index (Phi) is 7.29. The van der Waals surface area contributed by atoms with Gasteiger partial charge in [0.05, 0.1) is 13.2 Å². The number of nitrogens with two attached hydrogens (primary N) is 1. The van der Waals surface area contributed by atoms with Crippen molar-refractivity contribution in [2.24, 2.45) is 11.7 Å². The molecule has 0 saturated heterocycles. The Morgan fingerprint density at radius 2 is 1.89 bits per heavy atom. The first-order valence-electron chi connectivity index (χ1n) is 7.54. The summed E-state index contributed by atoms with van der Waals surface area (Å²) >= 11 is 0. The lowest BCUT2D eigenvalue weighted by molar-refractivity contribution is -0.0246. The zero-order valence-corrected chi connectivity index (χ0v) is 13.2. The quantitative estimate of drug-likeness (QED) is 0.733. The van der Waals surface area contributed by atoms with E-state index in [1.807, 2.05) is 0 Å². The molecule has 19 heavy (non-hydrogen) atoms. The Bertz CT molecular complexity index is 240. The van der Waals surface area contributed by atoms with Gasteiger partial charge in [0.15, 0.2) is 0 Å². The van der Waals surface area contributed by atoms with Gasteiger partial charge in [0.2, 0.25) is 0 Å². The van der Waals surface area contributed by atoms with Crippen molar-refractivity contribution < 1.29 is 9.47 Å². The zero-order valence-electron chi connectivity index (χ0n) is 13.2. The van der Waals surface area contributed by atoms with Crippen molar-refractivity contribution >= 4 is 0 Å². The molecule has 0 radical (unpaired) electrons. The molecule has 0 aromatic carbocycles. The first kappa shape index (κ1) is 16.9. The lowest BCUT2D eigenvalue weighted by Gasteiger charge is -2.49. The van der Waals surface area contributed by atoms with Gasteiger partial charge in [-0.25, -0.2) is 0 Å². The van der Waals surface area contributed by atoms with Crippen LogP contribution in [0.1, 0.15) is 39.5 Å². The van der Waals surface area contributed by atoms with E-state index in [1.165, 1.54) is 25.7 Å². The maximum Gasteiger partial charge on any atom is 0.0615 e. The smallest absolute Gasteiger partial charge is 0.0615 e. The summed E-state index contributed by atoms with van der Waals surface area (Å²) in [6.45, 7) is 7.75. The maximum atomic E-state index is 6.17. The summed E-state index contributed by atoms with van der Waals surface area (Å²) in [5.41, 5.74) is 6.31. The van der Waals surface area contributed by atoms with E-state index in [0.29, 0.717) is 6.04 Å². The maximum absolute atomic E-state index is 6.17. The van der Waals surface area contributed by atoms with E-state index in [2.05, 4.69) is 18.7 Å². The summed E-state index contributed by atoms with van der Waals surface area (Å²) in [5, 5.41) is 0. The Morgan fingerprint density at radius 3 is 2.37 bits per heavy atom. The molecule has 2 N–H and O–H groups in total. The van der Waals surface area contributed by atoms with Crippen molar-refractivity contribution in [1.82, 2.24) is 4.90 Å². The average Bonchev–Trinajstić information content (AvgIpc) is 2.42. The Morgan fingerprint density at radius 1 is 1.26 bits per heavy atom. The van der Waals surface area contributed by atoms with Gasteiger partial charge in [-0.3, -0.25) is 4.90 Å². The fourth-order valence-corrected chi connectivity index (χ4v) is 3.35. The van der Waals surface area contributed by atoms with Crippen molar-refractivity contribution in [3.8, 4) is 0 Å². The number of methoxy groups -OCH3 is 2. The molecule has 0 heterocycles. The number of hydrogen-bond acceptors (Lipinski definition) is 4. The molecule has 0 aromatic heterocycles. The molecular weight excluding hydrogens is 240 g/mol. The number of nitrogens with zero attached hydrogens (tertiary/aromatic N) is 1. The van der Waals surface area contributed by atoms with Crippen LogP contribution in [0.5, 0.6) is 0 Å². The van der Waals surface area contributed by atoms with Crippen LogP contribution in [-0.4, -0.2) is 57.0 Å². The molecule has 1 saturated carbocycles. The van der Waals surface area contributed by atoms with E-state index < -0.39 is 0 Å². The molecule has 0 amide bonds. The standard InChI is InChI=1S/C15H32N2O2/c1-13-5-7-15(12-16,8-6-13)17(9-10-18-3)14(2)11-19-4/h13-14H,5-12,16H2,1-4H3. The van der Waals surface area contributed by atoms with Crippen LogP contribution < -0.4 is 5.73 Å². The minimum absolute atomic E-state index is 0.142. The third-order valence-electron chi connectivity index (χ3n) is 4.67. The fourth-order valence-electron chi connectivity index (χ4n) is 3.35. The topological polar surface area (TPSA) is 47.7 Å². The van der Waals surface area contributed by atoms with Gasteiger partial charge in [-0.2, -0.15) is 0 Å². The third kappa shape index (κ3) is 4.42. The third-order valence-corrected chi connectivity index (χ3v) is 4.67. The van der Waals surface area contributed by atoms with Crippen LogP contribution in [0.25, 0.3) is 0 Å². The molecule has 4 nitrogen and oxygen atoms in total. The first-order chi connectivity index (χ1) is 9.09. The van der Waals surface area contributed by atoms with Crippen LogP contribution in [0.2, 0.25) is 0 Å². The minimum Gasteiger partial charge on any atom is -0.383 e. The largest absolute Gasteiger partial charge is 0.383 e. The van der Waals surface area contributed by atoms with Gasteiger partial charge >= 0.3 is 0 Å². The predicted octanol–water partition coefficient (Wildman–Crippen LogP) is 1.88. The van der Waals surface area contributed by atoms with Crippen LogP contribution in [0.15, 0.2) is 0 Å². The van der Waals surface area contributed by atoms with E-state index in [-0.39, 0.29) is 5.54 Å². The SMILES string of the molecule is COCCN(C(C)COC)C1(CN)CCC(C)CC1. The molecule has 1 aliphatic carbocycles. The molecular formula is C15H32N2O2. The van der Waals surface area contributed by atoms with Crippen LogP contribution in [-0.2, 0) is 9.47 Å². The molecule has 1 rings (SSSR count). The highest BCUT2D eigenvalue weighted by molar-refractivity contribution is 4.97. The molecule has 0 aliphatic heterocycles. The number of ether oxygens (including phenoxy) is 2. The van der Waals surface area contributed by atoms with E-state index in [0.717, 1.165) is 32.2 Å². The van der Waals surface area contributed by atoms with Gasteiger partial charge in [-0.15, -0.1) is 0 Å². The highest BCUT2D eigenvalue weighted by Gasteiger charge is 2.40.